The van der Waals surface area contributed by atoms with Gasteiger partial charge in [-0.3, -0.25) is 4.79 Å². The summed E-state index contributed by atoms with van der Waals surface area (Å²) in [6.45, 7) is 1.12. The smallest absolute Gasteiger partial charge is 0.332 e. The van der Waals surface area contributed by atoms with Crippen LogP contribution < -0.4 is 10.6 Å². The van der Waals surface area contributed by atoms with Crippen molar-refractivity contribution in [2.45, 2.75) is 37.1 Å². The van der Waals surface area contributed by atoms with E-state index >= 15 is 0 Å². The zero-order valence-electron chi connectivity index (χ0n) is 12.9. The molecule has 1 aromatic rings. The fourth-order valence-corrected chi connectivity index (χ4v) is 3.04. The molecule has 0 bridgehead atoms. The van der Waals surface area contributed by atoms with Gasteiger partial charge in [-0.05, 0) is 42.9 Å². The molecule has 1 amide bonds. The van der Waals surface area contributed by atoms with Crippen molar-refractivity contribution >= 4 is 11.9 Å². The van der Waals surface area contributed by atoms with E-state index in [9.17, 15) is 9.59 Å². The van der Waals surface area contributed by atoms with E-state index in [-0.39, 0.29) is 18.3 Å². The maximum absolute atomic E-state index is 12.3. The number of hydrogen-bond donors (Lipinski definition) is 2. The lowest BCUT2D eigenvalue weighted by atomic mass is 9.98. The molecular weight excluding hydrogens is 280 g/mol. The molecule has 1 heterocycles. The molecule has 0 aromatic heterocycles. The van der Waals surface area contributed by atoms with Gasteiger partial charge in [0.2, 0.25) is 5.91 Å². The van der Waals surface area contributed by atoms with Crippen molar-refractivity contribution in [2.75, 3.05) is 20.2 Å². The normalized spacial score (nSPS) is 24.0. The van der Waals surface area contributed by atoms with E-state index in [1.165, 1.54) is 25.5 Å². The lowest BCUT2D eigenvalue weighted by Crippen LogP contribution is -2.56. The van der Waals surface area contributed by atoms with Gasteiger partial charge in [0.25, 0.3) is 0 Å². The summed E-state index contributed by atoms with van der Waals surface area (Å²) in [5, 5.41) is 5.97. The lowest BCUT2D eigenvalue weighted by Gasteiger charge is -2.26. The first kappa shape index (κ1) is 15.0. The van der Waals surface area contributed by atoms with Gasteiger partial charge >= 0.3 is 5.97 Å². The molecule has 1 aliphatic heterocycles. The molecule has 5 nitrogen and oxygen atoms in total. The Hall–Kier alpha value is -1.88. The number of esters is 1. The second kappa shape index (κ2) is 6.08. The van der Waals surface area contributed by atoms with Crippen LogP contribution in [-0.4, -0.2) is 37.6 Å². The second-order valence-corrected chi connectivity index (χ2v) is 6.24. The van der Waals surface area contributed by atoms with E-state index in [2.05, 4.69) is 22.8 Å². The largest absolute Gasteiger partial charge is 0.467 e. The van der Waals surface area contributed by atoms with Crippen LogP contribution in [0.4, 0.5) is 0 Å². The fraction of sp³-hybridized carbons (Fsp3) is 0.529. The van der Waals surface area contributed by atoms with Crippen LogP contribution in [-0.2, 0) is 20.7 Å². The predicted octanol–water partition coefficient (Wildman–Crippen LogP) is 1.13. The Kier molecular flexibility index (Phi) is 4.16. The zero-order chi connectivity index (χ0) is 15.6. The van der Waals surface area contributed by atoms with Crippen molar-refractivity contribution in [3.05, 3.63) is 35.4 Å². The number of amides is 1. The monoisotopic (exact) mass is 302 g/mol. The molecule has 0 radical (unpaired) electrons. The molecule has 1 atom stereocenters. The van der Waals surface area contributed by atoms with Crippen LogP contribution in [0.5, 0.6) is 0 Å². The van der Waals surface area contributed by atoms with Gasteiger partial charge in [0.05, 0.1) is 13.5 Å². The van der Waals surface area contributed by atoms with Gasteiger partial charge in [0.1, 0.15) is 0 Å². The van der Waals surface area contributed by atoms with E-state index in [0.29, 0.717) is 19.5 Å². The lowest BCUT2D eigenvalue weighted by molar-refractivity contribution is -0.150. The average molecular weight is 302 g/mol. The summed E-state index contributed by atoms with van der Waals surface area (Å²) in [4.78, 5) is 24.3. The topological polar surface area (TPSA) is 67.4 Å². The number of ether oxygens (including phenoxy) is 1. The standard InChI is InChI=1S/C17H22N2O3/c1-22-16(21)17(8-9-18-11-17)19-15(20)10-12-2-4-13(5-3-12)14-6-7-14/h2-5,14,18H,6-11H2,1H3,(H,19,20). The third kappa shape index (κ3) is 3.14. The van der Waals surface area contributed by atoms with Gasteiger partial charge in [-0.1, -0.05) is 24.3 Å². The van der Waals surface area contributed by atoms with Crippen molar-refractivity contribution in [3.8, 4) is 0 Å². The highest BCUT2D eigenvalue weighted by atomic mass is 16.5. The molecule has 22 heavy (non-hydrogen) atoms. The second-order valence-electron chi connectivity index (χ2n) is 6.24. The molecule has 1 aromatic carbocycles. The highest BCUT2D eigenvalue weighted by molar-refractivity contribution is 5.89. The number of benzene rings is 1. The fourth-order valence-electron chi connectivity index (χ4n) is 3.04. The molecule has 2 N–H and O–H groups in total. The first-order valence-electron chi connectivity index (χ1n) is 7.82. The summed E-state index contributed by atoms with van der Waals surface area (Å²) in [5.74, 6) is 0.193. The SMILES string of the molecule is COC(=O)C1(NC(=O)Cc2ccc(C3CC3)cc2)CCNC1. The number of methoxy groups -OCH3 is 1. The summed E-state index contributed by atoms with van der Waals surface area (Å²) in [7, 11) is 1.35. The van der Waals surface area contributed by atoms with Crippen LogP contribution in [0.3, 0.4) is 0 Å². The Labute approximate surface area is 130 Å². The molecule has 3 rings (SSSR count). The molecule has 2 aliphatic rings. The zero-order valence-corrected chi connectivity index (χ0v) is 12.9. The molecule has 0 spiro atoms. The number of nitrogens with one attached hydrogen (secondary N) is 2. The van der Waals surface area contributed by atoms with Crippen molar-refractivity contribution in [1.82, 2.24) is 10.6 Å². The molecular formula is C17H22N2O3. The highest BCUT2D eigenvalue weighted by Crippen LogP contribution is 2.39. The number of rotatable bonds is 5. The summed E-state index contributed by atoms with van der Waals surface area (Å²) in [6, 6.07) is 8.22. The summed E-state index contributed by atoms with van der Waals surface area (Å²) >= 11 is 0. The van der Waals surface area contributed by atoms with Crippen LogP contribution in [0.2, 0.25) is 0 Å². The molecule has 1 aliphatic carbocycles. The minimum atomic E-state index is -0.917. The highest BCUT2D eigenvalue weighted by Gasteiger charge is 2.43. The third-order valence-electron chi connectivity index (χ3n) is 4.50. The van der Waals surface area contributed by atoms with Crippen LogP contribution >= 0.6 is 0 Å². The van der Waals surface area contributed by atoms with Crippen LogP contribution in [0.1, 0.15) is 36.3 Å². The van der Waals surface area contributed by atoms with E-state index in [0.717, 1.165) is 11.5 Å². The van der Waals surface area contributed by atoms with Crippen LogP contribution in [0, 0.1) is 0 Å². The van der Waals surface area contributed by atoms with E-state index in [4.69, 9.17) is 4.74 Å². The van der Waals surface area contributed by atoms with Gasteiger partial charge in [-0.15, -0.1) is 0 Å². The minimum absolute atomic E-state index is 0.145. The number of carbonyl (C=O) groups excluding carboxylic acids is 2. The van der Waals surface area contributed by atoms with Crippen molar-refractivity contribution in [1.29, 1.82) is 0 Å². The number of hydrogen-bond acceptors (Lipinski definition) is 4. The summed E-state index contributed by atoms with van der Waals surface area (Å²) < 4.78 is 4.84. The molecule has 5 heteroatoms. The Morgan fingerprint density at radius 3 is 2.59 bits per heavy atom. The van der Waals surface area contributed by atoms with Gasteiger partial charge in [-0.25, -0.2) is 4.79 Å². The van der Waals surface area contributed by atoms with Crippen LogP contribution in [0.15, 0.2) is 24.3 Å². The van der Waals surface area contributed by atoms with Gasteiger partial charge < -0.3 is 15.4 Å². The Morgan fingerprint density at radius 2 is 2.05 bits per heavy atom. The van der Waals surface area contributed by atoms with Crippen LogP contribution in [0.25, 0.3) is 0 Å². The minimum Gasteiger partial charge on any atom is -0.467 e. The Balaban J connectivity index is 1.62. The average Bonchev–Trinajstić information content (AvgIpc) is 3.27. The van der Waals surface area contributed by atoms with Crippen molar-refractivity contribution in [2.24, 2.45) is 0 Å². The Bertz CT molecular complexity index is 558. The molecule has 1 saturated heterocycles. The van der Waals surface area contributed by atoms with Gasteiger partial charge in [0.15, 0.2) is 5.54 Å². The maximum atomic E-state index is 12.3. The number of carbonyl (C=O) groups is 2. The first-order valence-corrected chi connectivity index (χ1v) is 7.82. The van der Waals surface area contributed by atoms with Crippen molar-refractivity contribution < 1.29 is 14.3 Å². The Morgan fingerprint density at radius 1 is 1.32 bits per heavy atom. The first-order chi connectivity index (χ1) is 10.6. The van der Waals surface area contributed by atoms with Gasteiger partial charge in [0, 0.05) is 6.54 Å². The third-order valence-corrected chi connectivity index (χ3v) is 4.50. The summed E-state index contributed by atoms with van der Waals surface area (Å²) in [6.07, 6.45) is 3.39. The molecule has 118 valence electrons. The van der Waals surface area contributed by atoms with Gasteiger partial charge in [-0.2, -0.15) is 0 Å². The molecule has 2 fully saturated rings. The van der Waals surface area contributed by atoms with E-state index in [1.807, 2.05) is 12.1 Å². The summed E-state index contributed by atoms with van der Waals surface area (Å²) in [5.41, 5.74) is 1.41. The van der Waals surface area contributed by atoms with E-state index in [1.54, 1.807) is 0 Å². The maximum Gasteiger partial charge on any atom is 0.332 e. The molecule has 1 unspecified atom stereocenters. The van der Waals surface area contributed by atoms with Crippen molar-refractivity contribution in [3.63, 3.8) is 0 Å². The predicted molar refractivity (Wildman–Crippen MR) is 82.5 cm³/mol. The quantitative estimate of drug-likeness (QED) is 0.800. The van der Waals surface area contributed by atoms with E-state index < -0.39 is 5.54 Å². The molecule has 1 saturated carbocycles.